The van der Waals surface area contributed by atoms with E-state index in [9.17, 15) is 9.50 Å². The van der Waals surface area contributed by atoms with Crippen molar-refractivity contribution in [3.8, 4) is 11.5 Å². The minimum Gasteiger partial charge on any atom is -0.508 e. The molecular formula is C26H35FN2O3. The molecule has 2 aliphatic heterocycles. The van der Waals surface area contributed by atoms with Crippen LogP contribution in [0.5, 0.6) is 11.5 Å². The van der Waals surface area contributed by atoms with Crippen molar-refractivity contribution >= 4 is 0 Å². The number of hydrogen-bond donors (Lipinski definition) is 1. The minimum atomic E-state index is -0.115. The lowest BCUT2D eigenvalue weighted by atomic mass is 9.95. The Bertz CT molecular complexity index is 864. The number of halogens is 1. The van der Waals surface area contributed by atoms with E-state index < -0.39 is 0 Å². The summed E-state index contributed by atoms with van der Waals surface area (Å²) in [5.41, 5.74) is 1.67. The van der Waals surface area contributed by atoms with Crippen LogP contribution in [0.1, 0.15) is 36.8 Å². The van der Waals surface area contributed by atoms with Gasteiger partial charge in [-0.15, -0.1) is 0 Å². The normalized spacial score (nSPS) is 20.2. The molecule has 5 nitrogen and oxygen atoms in total. The van der Waals surface area contributed by atoms with Crippen LogP contribution in [0.2, 0.25) is 0 Å². The predicted octanol–water partition coefficient (Wildman–Crippen LogP) is 4.43. The molecule has 2 aromatic carbocycles. The molecule has 0 saturated carbocycles. The number of nitrogens with zero attached hydrogens (tertiary/aromatic N) is 2. The van der Waals surface area contributed by atoms with Gasteiger partial charge in [-0.05, 0) is 69.0 Å². The maximum atomic E-state index is 14.0. The van der Waals surface area contributed by atoms with Crippen molar-refractivity contribution in [1.82, 2.24) is 9.80 Å². The number of methoxy groups -OCH3 is 1. The molecule has 4 rings (SSSR count). The second-order valence-electron chi connectivity index (χ2n) is 9.13. The van der Waals surface area contributed by atoms with E-state index in [1.807, 2.05) is 18.2 Å². The molecule has 2 fully saturated rings. The molecule has 2 saturated heterocycles. The first kappa shape index (κ1) is 23.0. The van der Waals surface area contributed by atoms with Crippen LogP contribution in [0.25, 0.3) is 0 Å². The minimum absolute atomic E-state index is 0.115. The number of benzene rings is 2. The molecule has 0 aromatic heterocycles. The summed E-state index contributed by atoms with van der Waals surface area (Å²) < 4.78 is 25.3. The van der Waals surface area contributed by atoms with E-state index in [1.165, 1.54) is 0 Å². The fourth-order valence-electron chi connectivity index (χ4n) is 4.90. The molecule has 1 atom stereocenters. The SMILES string of the molecule is COc1ccc(O)c(CN(CC2CCN(Cc3ccccc3F)CC2)C[C@H]2CCCO2)c1. The summed E-state index contributed by atoms with van der Waals surface area (Å²) in [5.74, 6) is 1.54. The summed E-state index contributed by atoms with van der Waals surface area (Å²) in [7, 11) is 1.65. The lowest BCUT2D eigenvalue weighted by Crippen LogP contribution is -2.40. The van der Waals surface area contributed by atoms with Gasteiger partial charge in [0, 0.05) is 43.9 Å². The topological polar surface area (TPSA) is 45.2 Å². The molecule has 2 aliphatic rings. The van der Waals surface area contributed by atoms with Gasteiger partial charge in [-0.2, -0.15) is 0 Å². The molecule has 0 radical (unpaired) electrons. The number of piperidine rings is 1. The van der Waals surface area contributed by atoms with Crippen LogP contribution in [0.3, 0.4) is 0 Å². The lowest BCUT2D eigenvalue weighted by molar-refractivity contribution is 0.0566. The number of hydrogen-bond acceptors (Lipinski definition) is 5. The van der Waals surface area contributed by atoms with Crippen molar-refractivity contribution in [1.29, 1.82) is 0 Å². The second kappa shape index (κ2) is 11.1. The van der Waals surface area contributed by atoms with E-state index in [-0.39, 0.29) is 11.9 Å². The Morgan fingerprint density at radius 2 is 1.91 bits per heavy atom. The molecule has 2 heterocycles. The van der Waals surface area contributed by atoms with Gasteiger partial charge in [0.05, 0.1) is 13.2 Å². The highest BCUT2D eigenvalue weighted by molar-refractivity contribution is 5.39. The van der Waals surface area contributed by atoms with E-state index in [2.05, 4.69) is 9.80 Å². The highest BCUT2D eigenvalue weighted by Crippen LogP contribution is 2.27. The van der Waals surface area contributed by atoms with Crippen molar-refractivity contribution in [3.05, 3.63) is 59.4 Å². The number of likely N-dealkylation sites (tertiary alicyclic amines) is 1. The molecule has 0 unspecified atom stereocenters. The number of ether oxygens (including phenoxy) is 2. The average Bonchev–Trinajstić information content (AvgIpc) is 3.31. The lowest BCUT2D eigenvalue weighted by Gasteiger charge is -2.35. The van der Waals surface area contributed by atoms with Gasteiger partial charge in [0.15, 0.2) is 0 Å². The first-order chi connectivity index (χ1) is 15.6. The number of aromatic hydroxyl groups is 1. The Morgan fingerprint density at radius 1 is 1.09 bits per heavy atom. The zero-order valence-electron chi connectivity index (χ0n) is 19.0. The van der Waals surface area contributed by atoms with Crippen molar-refractivity contribution < 1.29 is 19.0 Å². The van der Waals surface area contributed by atoms with Crippen LogP contribution >= 0.6 is 0 Å². The van der Waals surface area contributed by atoms with Crippen molar-refractivity contribution in [2.45, 2.75) is 44.9 Å². The third-order valence-corrected chi connectivity index (χ3v) is 6.74. The zero-order valence-corrected chi connectivity index (χ0v) is 19.0. The Labute approximate surface area is 190 Å². The van der Waals surface area contributed by atoms with Crippen LogP contribution in [0.15, 0.2) is 42.5 Å². The highest BCUT2D eigenvalue weighted by atomic mass is 19.1. The maximum Gasteiger partial charge on any atom is 0.127 e. The van der Waals surface area contributed by atoms with E-state index >= 15 is 0 Å². The fraction of sp³-hybridized carbons (Fsp3) is 0.538. The van der Waals surface area contributed by atoms with Gasteiger partial charge in [-0.25, -0.2) is 4.39 Å². The highest BCUT2D eigenvalue weighted by Gasteiger charge is 2.25. The predicted molar refractivity (Wildman–Crippen MR) is 123 cm³/mol. The second-order valence-corrected chi connectivity index (χ2v) is 9.13. The van der Waals surface area contributed by atoms with Gasteiger partial charge < -0.3 is 14.6 Å². The fourth-order valence-corrected chi connectivity index (χ4v) is 4.90. The van der Waals surface area contributed by atoms with E-state index in [0.29, 0.717) is 24.8 Å². The Kier molecular flexibility index (Phi) is 8.00. The molecule has 6 heteroatoms. The third kappa shape index (κ3) is 6.21. The smallest absolute Gasteiger partial charge is 0.127 e. The molecule has 0 aliphatic carbocycles. The maximum absolute atomic E-state index is 14.0. The number of phenolic OH excluding ortho intramolecular Hbond substituents is 1. The average molecular weight is 443 g/mol. The molecule has 0 spiro atoms. The standard InChI is InChI=1S/C26H35FN2O3/c1-31-23-8-9-26(30)22(15-23)18-29(19-24-6-4-14-32-24)16-20-10-12-28(13-11-20)17-21-5-2-3-7-25(21)27/h2-3,5,7-9,15,20,24,30H,4,6,10-14,16-19H2,1H3/t24-/m1/s1. The Hall–Kier alpha value is -2.15. The van der Waals surface area contributed by atoms with Gasteiger partial charge in [0.2, 0.25) is 0 Å². The first-order valence-electron chi connectivity index (χ1n) is 11.8. The van der Waals surface area contributed by atoms with E-state index in [0.717, 1.165) is 75.3 Å². The van der Waals surface area contributed by atoms with Gasteiger partial charge in [0.25, 0.3) is 0 Å². The Morgan fingerprint density at radius 3 is 2.62 bits per heavy atom. The number of rotatable bonds is 9. The summed E-state index contributed by atoms with van der Waals surface area (Å²) in [4.78, 5) is 4.79. The Balaban J connectivity index is 1.35. The van der Waals surface area contributed by atoms with Gasteiger partial charge in [0.1, 0.15) is 17.3 Å². The van der Waals surface area contributed by atoms with Gasteiger partial charge in [-0.3, -0.25) is 9.80 Å². The zero-order chi connectivity index (χ0) is 22.3. The summed E-state index contributed by atoms with van der Waals surface area (Å²) >= 11 is 0. The van der Waals surface area contributed by atoms with Crippen molar-refractivity contribution in [2.24, 2.45) is 5.92 Å². The van der Waals surface area contributed by atoms with Crippen LogP contribution in [-0.2, 0) is 17.8 Å². The first-order valence-corrected chi connectivity index (χ1v) is 11.8. The van der Waals surface area contributed by atoms with E-state index in [1.54, 1.807) is 31.4 Å². The van der Waals surface area contributed by atoms with Crippen LogP contribution in [0, 0.1) is 11.7 Å². The summed E-state index contributed by atoms with van der Waals surface area (Å²) in [6.45, 7) is 6.02. The monoisotopic (exact) mass is 442 g/mol. The van der Waals surface area contributed by atoms with Crippen molar-refractivity contribution in [2.75, 3.05) is 39.9 Å². The number of phenols is 1. The summed E-state index contributed by atoms with van der Waals surface area (Å²) in [5, 5.41) is 10.4. The quantitative estimate of drug-likeness (QED) is 0.622. The molecular weight excluding hydrogens is 407 g/mol. The third-order valence-electron chi connectivity index (χ3n) is 6.74. The molecule has 32 heavy (non-hydrogen) atoms. The van der Waals surface area contributed by atoms with Crippen LogP contribution < -0.4 is 4.74 Å². The molecule has 2 aromatic rings. The summed E-state index contributed by atoms with van der Waals surface area (Å²) in [6.07, 6.45) is 4.68. The molecule has 174 valence electrons. The summed E-state index contributed by atoms with van der Waals surface area (Å²) in [6, 6.07) is 12.5. The largest absolute Gasteiger partial charge is 0.508 e. The van der Waals surface area contributed by atoms with Crippen molar-refractivity contribution in [3.63, 3.8) is 0 Å². The van der Waals surface area contributed by atoms with Gasteiger partial charge in [-0.1, -0.05) is 18.2 Å². The van der Waals surface area contributed by atoms with Crippen LogP contribution in [0.4, 0.5) is 4.39 Å². The van der Waals surface area contributed by atoms with Crippen LogP contribution in [-0.4, -0.2) is 60.9 Å². The van der Waals surface area contributed by atoms with E-state index in [4.69, 9.17) is 9.47 Å². The molecule has 0 amide bonds. The molecule has 1 N–H and O–H groups in total. The van der Waals surface area contributed by atoms with Gasteiger partial charge >= 0.3 is 0 Å². The molecule has 0 bridgehead atoms.